The fourth-order valence-corrected chi connectivity index (χ4v) is 4.82. The van der Waals surface area contributed by atoms with Crippen LogP contribution in [0.2, 0.25) is 0 Å². The molecule has 1 amide bonds. The van der Waals surface area contributed by atoms with E-state index < -0.39 is 5.60 Å². The van der Waals surface area contributed by atoms with Crippen LogP contribution in [0.1, 0.15) is 17.5 Å². The monoisotopic (exact) mass is 552 g/mol. The molecular formula is C30H40N4O6. The van der Waals surface area contributed by atoms with Crippen LogP contribution in [0.4, 0.5) is 0 Å². The van der Waals surface area contributed by atoms with Gasteiger partial charge in [-0.05, 0) is 42.3 Å². The predicted molar refractivity (Wildman–Crippen MR) is 151 cm³/mol. The van der Waals surface area contributed by atoms with Crippen LogP contribution in [0.5, 0.6) is 17.2 Å². The molecule has 3 aromatic rings. The van der Waals surface area contributed by atoms with Gasteiger partial charge in [0.05, 0.1) is 26.5 Å². The smallest absolute Gasteiger partial charge is 0.248 e. The Bertz CT molecular complexity index is 1220. The molecule has 1 aliphatic rings. The predicted octanol–water partition coefficient (Wildman–Crippen LogP) is 2.77. The Morgan fingerprint density at radius 2 is 1.88 bits per heavy atom. The molecular weight excluding hydrogens is 512 g/mol. The molecule has 10 nitrogen and oxygen atoms in total. The average molecular weight is 553 g/mol. The van der Waals surface area contributed by atoms with Crippen molar-refractivity contribution in [3.63, 3.8) is 0 Å². The molecule has 0 aliphatic carbocycles. The summed E-state index contributed by atoms with van der Waals surface area (Å²) in [6.07, 6.45) is 4.66. The van der Waals surface area contributed by atoms with E-state index >= 15 is 0 Å². The number of rotatable bonds is 13. The minimum Gasteiger partial charge on any atom is -0.493 e. The third-order valence-corrected chi connectivity index (χ3v) is 6.75. The molecule has 1 fully saturated rings. The van der Waals surface area contributed by atoms with E-state index in [4.69, 9.17) is 18.9 Å². The van der Waals surface area contributed by atoms with Crippen molar-refractivity contribution in [1.82, 2.24) is 19.6 Å². The van der Waals surface area contributed by atoms with Gasteiger partial charge in [-0.15, -0.1) is 0 Å². The highest BCUT2D eigenvalue weighted by Gasteiger charge is 2.37. The van der Waals surface area contributed by atoms with Crippen LogP contribution in [0, 0.1) is 6.92 Å². The summed E-state index contributed by atoms with van der Waals surface area (Å²) >= 11 is 0. The minimum absolute atomic E-state index is 0.0329. The molecule has 0 radical (unpaired) electrons. The SMILES string of the molecule is COCC(=O)N1CCN(Cc2ccc(OC)c(OCCCn3cc(C)cn3)c2)C[C@](O)(COc2ccccc2)C1. The second-order valence-corrected chi connectivity index (χ2v) is 10.3. The van der Waals surface area contributed by atoms with E-state index in [1.807, 2.05) is 72.5 Å². The van der Waals surface area contributed by atoms with Crippen molar-refractivity contribution in [2.24, 2.45) is 0 Å². The molecule has 1 saturated heterocycles. The Hall–Kier alpha value is -3.60. The third kappa shape index (κ3) is 8.45. The number of aliphatic hydroxyl groups is 1. The Balaban J connectivity index is 1.42. The van der Waals surface area contributed by atoms with Crippen molar-refractivity contribution in [2.75, 3.05) is 60.2 Å². The summed E-state index contributed by atoms with van der Waals surface area (Å²) < 4.78 is 24.5. The summed E-state index contributed by atoms with van der Waals surface area (Å²) in [5.41, 5.74) is 0.877. The fraction of sp³-hybridized carbons (Fsp3) is 0.467. The van der Waals surface area contributed by atoms with Crippen molar-refractivity contribution in [3.05, 3.63) is 72.1 Å². The highest BCUT2D eigenvalue weighted by Crippen LogP contribution is 2.29. The molecule has 1 aromatic heterocycles. The molecule has 0 spiro atoms. The van der Waals surface area contributed by atoms with Crippen molar-refractivity contribution >= 4 is 5.91 Å². The quantitative estimate of drug-likeness (QED) is 0.324. The van der Waals surface area contributed by atoms with E-state index in [9.17, 15) is 9.90 Å². The molecule has 2 aromatic carbocycles. The lowest BCUT2D eigenvalue weighted by Gasteiger charge is -2.33. The van der Waals surface area contributed by atoms with Crippen molar-refractivity contribution in [3.8, 4) is 17.2 Å². The molecule has 1 N–H and O–H groups in total. The highest BCUT2D eigenvalue weighted by molar-refractivity contribution is 5.77. The van der Waals surface area contributed by atoms with Gasteiger partial charge in [0.2, 0.25) is 5.91 Å². The van der Waals surface area contributed by atoms with Gasteiger partial charge in [0.15, 0.2) is 11.5 Å². The van der Waals surface area contributed by atoms with Gasteiger partial charge in [-0.3, -0.25) is 14.4 Å². The lowest BCUT2D eigenvalue weighted by atomic mass is 10.0. The minimum atomic E-state index is -1.27. The average Bonchev–Trinajstić information content (AvgIpc) is 3.29. The molecule has 10 heteroatoms. The fourth-order valence-electron chi connectivity index (χ4n) is 4.82. The van der Waals surface area contributed by atoms with Gasteiger partial charge in [-0.25, -0.2) is 0 Å². The number of aromatic nitrogens is 2. The molecule has 4 rings (SSSR count). The zero-order valence-corrected chi connectivity index (χ0v) is 23.6. The van der Waals surface area contributed by atoms with Crippen molar-refractivity contribution < 1.29 is 28.8 Å². The van der Waals surface area contributed by atoms with Crippen LogP contribution < -0.4 is 14.2 Å². The lowest BCUT2D eigenvalue weighted by molar-refractivity contribution is -0.138. The first-order chi connectivity index (χ1) is 19.4. The number of aryl methyl sites for hydroxylation is 2. The number of para-hydroxylation sites is 1. The third-order valence-electron chi connectivity index (χ3n) is 6.75. The largest absolute Gasteiger partial charge is 0.493 e. The van der Waals surface area contributed by atoms with Crippen molar-refractivity contribution in [2.45, 2.75) is 32.0 Å². The first-order valence-electron chi connectivity index (χ1n) is 13.6. The summed E-state index contributed by atoms with van der Waals surface area (Å²) in [6, 6.07) is 15.3. The van der Waals surface area contributed by atoms with E-state index in [-0.39, 0.29) is 25.7 Å². The number of methoxy groups -OCH3 is 2. The van der Waals surface area contributed by atoms with Gasteiger partial charge in [-0.1, -0.05) is 24.3 Å². The zero-order valence-electron chi connectivity index (χ0n) is 23.6. The summed E-state index contributed by atoms with van der Waals surface area (Å²) in [5, 5.41) is 16.0. The number of amides is 1. The summed E-state index contributed by atoms with van der Waals surface area (Å²) in [4.78, 5) is 16.5. The Kier molecular flexibility index (Phi) is 10.4. The molecule has 2 heterocycles. The summed E-state index contributed by atoms with van der Waals surface area (Å²) in [7, 11) is 3.12. The van der Waals surface area contributed by atoms with Gasteiger partial charge in [0, 0.05) is 52.5 Å². The Labute approximate surface area is 236 Å². The topological polar surface area (TPSA) is 98.5 Å². The van der Waals surface area contributed by atoms with E-state index in [0.717, 1.165) is 24.1 Å². The molecule has 216 valence electrons. The second kappa shape index (κ2) is 14.2. The number of benzene rings is 2. The molecule has 1 aliphatic heterocycles. The van der Waals surface area contributed by atoms with Gasteiger partial charge < -0.3 is 29.0 Å². The van der Waals surface area contributed by atoms with Crippen molar-refractivity contribution in [1.29, 1.82) is 0 Å². The van der Waals surface area contributed by atoms with Gasteiger partial charge in [0.1, 0.15) is 24.6 Å². The van der Waals surface area contributed by atoms with Crippen LogP contribution >= 0.6 is 0 Å². The van der Waals surface area contributed by atoms with Gasteiger partial charge in [-0.2, -0.15) is 5.10 Å². The zero-order chi connectivity index (χ0) is 28.4. The number of nitrogens with zero attached hydrogens (tertiary/aromatic N) is 4. The number of carbonyl (C=O) groups is 1. The summed E-state index contributed by atoms with van der Waals surface area (Å²) in [5.74, 6) is 1.85. The Morgan fingerprint density at radius 3 is 2.60 bits per heavy atom. The second-order valence-electron chi connectivity index (χ2n) is 10.3. The number of ether oxygens (including phenoxy) is 4. The van der Waals surface area contributed by atoms with Crippen LogP contribution in [0.25, 0.3) is 0 Å². The normalized spacial score (nSPS) is 17.9. The van der Waals surface area contributed by atoms with Gasteiger partial charge >= 0.3 is 0 Å². The number of hydrogen-bond donors (Lipinski definition) is 1. The van der Waals surface area contributed by atoms with Crippen LogP contribution in [-0.4, -0.2) is 96.4 Å². The van der Waals surface area contributed by atoms with E-state index in [1.165, 1.54) is 7.11 Å². The summed E-state index contributed by atoms with van der Waals surface area (Å²) in [6.45, 7) is 5.46. The maximum atomic E-state index is 12.7. The van der Waals surface area contributed by atoms with Crippen LogP contribution in [0.15, 0.2) is 60.9 Å². The number of hydrogen-bond acceptors (Lipinski definition) is 8. The van der Waals surface area contributed by atoms with E-state index in [0.29, 0.717) is 50.0 Å². The highest BCUT2D eigenvalue weighted by atomic mass is 16.5. The maximum absolute atomic E-state index is 12.7. The van der Waals surface area contributed by atoms with Crippen LogP contribution in [0.3, 0.4) is 0 Å². The molecule has 1 atom stereocenters. The molecule has 0 saturated carbocycles. The van der Waals surface area contributed by atoms with E-state index in [1.54, 1.807) is 12.0 Å². The lowest BCUT2D eigenvalue weighted by Crippen LogP contribution is -2.52. The number of carbonyl (C=O) groups excluding carboxylic acids is 1. The standard InChI is InChI=1S/C30H40N4O6/c1-24-17-31-34(18-24)12-7-15-39-28-16-25(10-11-27(28)38-3)19-32-13-14-33(29(35)20-37-2)22-30(36,21-32)23-40-26-8-5-4-6-9-26/h4-6,8-11,16-18,36H,7,12-15,19-23H2,1-3H3/t30-/m1/s1. The van der Waals surface area contributed by atoms with E-state index in [2.05, 4.69) is 10.00 Å². The molecule has 40 heavy (non-hydrogen) atoms. The van der Waals surface area contributed by atoms with Crippen LogP contribution in [-0.2, 0) is 22.6 Å². The number of β-amino-alcohol motifs (C(OH)–C–C–N with tert-alkyl or cyclic N) is 1. The maximum Gasteiger partial charge on any atom is 0.248 e. The first kappa shape index (κ1) is 29.4. The van der Waals surface area contributed by atoms with Gasteiger partial charge in [0.25, 0.3) is 0 Å². The molecule has 0 bridgehead atoms. The Morgan fingerprint density at radius 1 is 1.05 bits per heavy atom. The first-order valence-corrected chi connectivity index (χ1v) is 13.6. The molecule has 0 unspecified atom stereocenters.